The molecule has 0 aliphatic carbocycles. The number of hydrogen-bond donors (Lipinski definition) is 1. The van der Waals surface area contributed by atoms with E-state index in [4.69, 9.17) is 9.84 Å². The van der Waals surface area contributed by atoms with Gasteiger partial charge in [0.2, 0.25) is 0 Å². The van der Waals surface area contributed by atoms with E-state index in [-0.39, 0.29) is 23.7 Å². The Kier molecular flexibility index (Phi) is 4.37. The Morgan fingerprint density at radius 3 is 2.71 bits per heavy atom. The van der Waals surface area contributed by atoms with Gasteiger partial charge in [-0.3, -0.25) is 4.79 Å². The van der Waals surface area contributed by atoms with Gasteiger partial charge >= 0.3 is 5.97 Å². The number of carbonyl (C=O) groups is 1. The molecular formula is C15H25N3O3. The van der Waals surface area contributed by atoms with Gasteiger partial charge in [0.25, 0.3) is 0 Å². The molecule has 1 atom stereocenters. The fourth-order valence-electron chi connectivity index (χ4n) is 3.11. The van der Waals surface area contributed by atoms with E-state index in [1.165, 1.54) is 0 Å². The van der Waals surface area contributed by atoms with Crippen LogP contribution in [-0.2, 0) is 16.0 Å². The van der Waals surface area contributed by atoms with Crippen LogP contribution >= 0.6 is 0 Å². The molecule has 1 N–H and O–H groups in total. The Hall–Kier alpha value is -1.43. The average molecular weight is 295 g/mol. The SMILES string of the molecule is CC1(C)CC(n2cc(CCCCC(=O)O)nn2)C(C)(C)O1. The van der Waals surface area contributed by atoms with Gasteiger partial charge in [0.1, 0.15) is 0 Å². The molecule has 1 unspecified atom stereocenters. The number of unbranched alkanes of at least 4 members (excludes halogenated alkanes) is 1. The minimum atomic E-state index is -0.745. The number of nitrogens with zero attached hydrogens (tertiary/aromatic N) is 3. The second-order valence-electron chi connectivity index (χ2n) is 6.98. The molecule has 6 heteroatoms. The third-order valence-corrected chi connectivity index (χ3v) is 3.98. The normalized spacial score (nSPS) is 23.3. The highest BCUT2D eigenvalue weighted by molar-refractivity contribution is 5.66. The van der Waals surface area contributed by atoms with Crippen LogP contribution in [0.25, 0.3) is 0 Å². The summed E-state index contributed by atoms with van der Waals surface area (Å²) in [5.74, 6) is -0.745. The maximum absolute atomic E-state index is 10.5. The predicted octanol–water partition coefficient (Wildman–Crippen LogP) is 2.59. The van der Waals surface area contributed by atoms with Crippen LogP contribution in [-0.4, -0.2) is 37.3 Å². The Morgan fingerprint density at radius 2 is 2.14 bits per heavy atom. The lowest BCUT2D eigenvalue weighted by molar-refractivity contribution is -0.137. The van der Waals surface area contributed by atoms with E-state index in [1.807, 2.05) is 10.9 Å². The van der Waals surface area contributed by atoms with E-state index >= 15 is 0 Å². The summed E-state index contributed by atoms with van der Waals surface area (Å²) in [5.41, 5.74) is 0.500. The van der Waals surface area contributed by atoms with Gasteiger partial charge in [-0.05, 0) is 47.0 Å². The molecule has 1 aromatic rings. The first-order chi connectivity index (χ1) is 9.70. The topological polar surface area (TPSA) is 77.2 Å². The van der Waals surface area contributed by atoms with E-state index in [0.29, 0.717) is 6.42 Å². The lowest BCUT2D eigenvalue weighted by Gasteiger charge is -2.26. The Labute approximate surface area is 125 Å². The van der Waals surface area contributed by atoms with Crippen molar-refractivity contribution in [3.63, 3.8) is 0 Å². The van der Waals surface area contributed by atoms with Gasteiger partial charge in [-0.25, -0.2) is 4.68 Å². The number of carboxylic acid groups (broad SMARTS) is 1. The summed E-state index contributed by atoms with van der Waals surface area (Å²) in [6.45, 7) is 8.36. The molecule has 0 amide bonds. The van der Waals surface area contributed by atoms with Crippen LogP contribution in [0.2, 0.25) is 0 Å². The minimum Gasteiger partial charge on any atom is -0.481 e. The second kappa shape index (κ2) is 5.75. The summed E-state index contributed by atoms with van der Waals surface area (Å²) in [6, 6.07) is 0.174. The number of aliphatic carboxylic acids is 1. The van der Waals surface area contributed by atoms with E-state index in [1.54, 1.807) is 0 Å². The van der Waals surface area contributed by atoms with Crippen molar-refractivity contribution >= 4 is 5.97 Å². The summed E-state index contributed by atoms with van der Waals surface area (Å²) in [5, 5.41) is 17.1. The number of rotatable bonds is 6. The number of aryl methyl sites for hydroxylation is 1. The standard InChI is InChI=1S/C15H25N3O3/c1-14(2)9-12(15(3,4)21-14)18-10-11(16-17-18)7-5-6-8-13(19)20/h10,12H,5-9H2,1-4H3,(H,19,20). The molecule has 2 heterocycles. The molecule has 0 bridgehead atoms. The lowest BCUT2D eigenvalue weighted by Crippen LogP contribution is -2.31. The fraction of sp³-hybridized carbons (Fsp3) is 0.800. The lowest BCUT2D eigenvalue weighted by atomic mass is 9.95. The zero-order valence-electron chi connectivity index (χ0n) is 13.3. The number of aromatic nitrogens is 3. The molecule has 1 fully saturated rings. The molecule has 1 saturated heterocycles. The Morgan fingerprint density at radius 1 is 1.43 bits per heavy atom. The fourth-order valence-corrected chi connectivity index (χ4v) is 3.11. The maximum atomic E-state index is 10.5. The Bertz CT molecular complexity index is 508. The Balaban J connectivity index is 1.95. The average Bonchev–Trinajstić information content (AvgIpc) is 2.86. The van der Waals surface area contributed by atoms with E-state index in [9.17, 15) is 4.79 Å². The van der Waals surface area contributed by atoms with Crippen molar-refractivity contribution < 1.29 is 14.6 Å². The van der Waals surface area contributed by atoms with Gasteiger partial charge in [0, 0.05) is 19.0 Å². The summed E-state index contributed by atoms with van der Waals surface area (Å²) in [4.78, 5) is 10.5. The number of hydrogen-bond acceptors (Lipinski definition) is 4. The van der Waals surface area contributed by atoms with Crippen molar-refractivity contribution in [2.24, 2.45) is 0 Å². The molecular weight excluding hydrogens is 270 g/mol. The molecule has 0 saturated carbocycles. The first-order valence-corrected chi connectivity index (χ1v) is 7.52. The molecule has 1 aromatic heterocycles. The molecule has 21 heavy (non-hydrogen) atoms. The highest BCUT2D eigenvalue weighted by atomic mass is 16.5. The summed E-state index contributed by atoms with van der Waals surface area (Å²) >= 11 is 0. The van der Waals surface area contributed by atoms with Crippen LogP contribution in [0.4, 0.5) is 0 Å². The van der Waals surface area contributed by atoms with E-state index < -0.39 is 5.97 Å². The van der Waals surface area contributed by atoms with Crippen molar-refractivity contribution in [3.8, 4) is 0 Å². The van der Waals surface area contributed by atoms with Crippen molar-refractivity contribution in [2.75, 3.05) is 0 Å². The summed E-state index contributed by atoms with van der Waals surface area (Å²) < 4.78 is 7.99. The molecule has 1 aliphatic heterocycles. The van der Waals surface area contributed by atoms with E-state index in [0.717, 1.165) is 25.0 Å². The van der Waals surface area contributed by atoms with Crippen LogP contribution in [0.5, 0.6) is 0 Å². The smallest absolute Gasteiger partial charge is 0.303 e. The van der Waals surface area contributed by atoms with Crippen molar-refractivity contribution in [2.45, 2.75) is 77.0 Å². The van der Waals surface area contributed by atoms with Crippen molar-refractivity contribution in [3.05, 3.63) is 11.9 Å². The monoisotopic (exact) mass is 295 g/mol. The largest absolute Gasteiger partial charge is 0.481 e. The molecule has 0 radical (unpaired) electrons. The van der Waals surface area contributed by atoms with Gasteiger partial charge in [-0.15, -0.1) is 5.10 Å². The van der Waals surface area contributed by atoms with Crippen molar-refractivity contribution in [1.82, 2.24) is 15.0 Å². The van der Waals surface area contributed by atoms with Crippen LogP contribution in [0.3, 0.4) is 0 Å². The van der Waals surface area contributed by atoms with Crippen LogP contribution in [0.1, 0.15) is 65.1 Å². The molecule has 118 valence electrons. The van der Waals surface area contributed by atoms with Gasteiger partial charge in [0.15, 0.2) is 0 Å². The molecule has 2 rings (SSSR count). The highest BCUT2D eigenvalue weighted by Gasteiger charge is 2.47. The van der Waals surface area contributed by atoms with Crippen LogP contribution in [0, 0.1) is 0 Å². The van der Waals surface area contributed by atoms with Gasteiger partial charge in [0.05, 0.1) is 22.9 Å². The molecule has 1 aliphatic rings. The predicted molar refractivity (Wildman–Crippen MR) is 78.1 cm³/mol. The minimum absolute atomic E-state index is 0.151. The van der Waals surface area contributed by atoms with Crippen LogP contribution < -0.4 is 0 Å². The summed E-state index contributed by atoms with van der Waals surface area (Å²) in [6.07, 6.45) is 5.35. The van der Waals surface area contributed by atoms with Crippen molar-refractivity contribution in [1.29, 1.82) is 0 Å². The van der Waals surface area contributed by atoms with Gasteiger partial charge in [-0.1, -0.05) is 5.21 Å². The van der Waals surface area contributed by atoms with Crippen LogP contribution in [0.15, 0.2) is 6.20 Å². The number of carboxylic acids is 1. The number of ether oxygens (including phenoxy) is 1. The maximum Gasteiger partial charge on any atom is 0.303 e. The highest BCUT2D eigenvalue weighted by Crippen LogP contribution is 2.44. The van der Waals surface area contributed by atoms with Gasteiger partial charge in [-0.2, -0.15) is 0 Å². The first-order valence-electron chi connectivity index (χ1n) is 7.52. The third-order valence-electron chi connectivity index (χ3n) is 3.98. The molecule has 0 spiro atoms. The zero-order chi connectivity index (χ0) is 15.7. The molecule has 6 nitrogen and oxygen atoms in total. The third kappa shape index (κ3) is 4.03. The zero-order valence-corrected chi connectivity index (χ0v) is 13.3. The second-order valence-corrected chi connectivity index (χ2v) is 6.98. The summed E-state index contributed by atoms with van der Waals surface area (Å²) in [7, 11) is 0. The quantitative estimate of drug-likeness (QED) is 0.816. The van der Waals surface area contributed by atoms with E-state index in [2.05, 4.69) is 38.0 Å². The van der Waals surface area contributed by atoms with Gasteiger partial charge < -0.3 is 9.84 Å². The first kappa shape index (κ1) is 15.9. The molecule has 0 aromatic carbocycles.